The maximum Gasteiger partial charge on any atom is 0.164 e. The van der Waals surface area contributed by atoms with Gasteiger partial charge in [-0.2, -0.15) is 0 Å². The Bertz CT molecular complexity index is 2910. The summed E-state index contributed by atoms with van der Waals surface area (Å²) in [6.45, 7) is 0. The number of benzene rings is 8. The Labute approximate surface area is 281 Å². The van der Waals surface area contributed by atoms with Gasteiger partial charge in [0.25, 0.3) is 0 Å². The molecule has 2 aromatic heterocycles. The van der Waals surface area contributed by atoms with E-state index in [0.717, 1.165) is 54.8 Å². The van der Waals surface area contributed by atoms with Crippen molar-refractivity contribution >= 4 is 54.3 Å². The smallest absolute Gasteiger partial charge is 0.164 e. The SMILES string of the molecule is c1ccc2c(c1)-c1cccc3c1c-2cc1c3oc2cccc(-c3nc(-c4ccc5ccccc5c4)nc(-c4ccc5ccccc5c4)n3)c21. The molecule has 2 heterocycles. The summed E-state index contributed by atoms with van der Waals surface area (Å²) in [6.07, 6.45) is 0. The molecule has 0 radical (unpaired) electrons. The second-order valence-electron chi connectivity index (χ2n) is 12.8. The maximum absolute atomic E-state index is 6.72. The molecule has 8 aromatic carbocycles. The number of rotatable bonds is 3. The van der Waals surface area contributed by atoms with Gasteiger partial charge in [-0.15, -0.1) is 0 Å². The van der Waals surface area contributed by atoms with Crippen LogP contribution < -0.4 is 0 Å². The average Bonchev–Trinajstić information content (AvgIpc) is 3.71. The summed E-state index contributed by atoms with van der Waals surface area (Å²) >= 11 is 0. The third-order valence-corrected chi connectivity index (χ3v) is 10.0. The fourth-order valence-corrected chi connectivity index (χ4v) is 7.75. The first-order valence-electron chi connectivity index (χ1n) is 16.5. The number of furan rings is 1. The number of hydrogen-bond acceptors (Lipinski definition) is 4. The van der Waals surface area contributed by atoms with Crippen molar-refractivity contribution < 1.29 is 4.42 Å². The second kappa shape index (κ2) is 9.93. The van der Waals surface area contributed by atoms with Crippen molar-refractivity contribution in [1.29, 1.82) is 0 Å². The van der Waals surface area contributed by atoms with Crippen LogP contribution in [0.15, 0.2) is 156 Å². The van der Waals surface area contributed by atoms with Gasteiger partial charge in [0.2, 0.25) is 0 Å². The van der Waals surface area contributed by atoms with E-state index in [0.29, 0.717) is 17.5 Å². The molecule has 0 atom stereocenters. The molecule has 0 spiro atoms. The van der Waals surface area contributed by atoms with Crippen molar-refractivity contribution in [3.05, 3.63) is 152 Å². The Morgan fingerprint density at radius 1 is 0.347 bits per heavy atom. The van der Waals surface area contributed by atoms with E-state index in [9.17, 15) is 0 Å². The monoisotopic (exact) mass is 623 g/mol. The van der Waals surface area contributed by atoms with Crippen LogP contribution in [0.2, 0.25) is 0 Å². The van der Waals surface area contributed by atoms with Gasteiger partial charge >= 0.3 is 0 Å². The molecule has 1 aliphatic carbocycles. The summed E-state index contributed by atoms with van der Waals surface area (Å²) < 4.78 is 6.72. The zero-order valence-electron chi connectivity index (χ0n) is 26.2. The highest BCUT2D eigenvalue weighted by atomic mass is 16.3. The fraction of sp³-hybridized carbons (Fsp3) is 0. The molecular formula is C45H25N3O. The van der Waals surface area contributed by atoms with Gasteiger partial charge in [-0.25, -0.2) is 15.0 Å². The first-order chi connectivity index (χ1) is 24.3. The van der Waals surface area contributed by atoms with Crippen LogP contribution in [-0.2, 0) is 0 Å². The number of nitrogens with zero attached hydrogens (tertiary/aromatic N) is 3. The molecule has 0 unspecified atom stereocenters. The van der Waals surface area contributed by atoms with Gasteiger partial charge < -0.3 is 4.42 Å². The predicted molar refractivity (Wildman–Crippen MR) is 200 cm³/mol. The first-order valence-corrected chi connectivity index (χ1v) is 16.5. The van der Waals surface area contributed by atoms with Crippen molar-refractivity contribution in [2.24, 2.45) is 0 Å². The van der Waals surface area contributed by atoms with Crippen LogP contribution in [0.4, 0.5) is 0 Å². The molecule has 11 rings (SSSR count). The zero-order valence-corrected chi connectivity index (χ0v) is 26.2. The number of aromatic nitrogens is 3. The van der Waals surface area contributed by atoms with E-state index in [4.69, 9.17) is 19.4 Å². The van der Waals surface area contributed by atoms with Crippen molar-refractivity contribution in [3.8, 4) is 56.4 Å². The van der Waals surface area contributed by atoms with Crippen molar-refractivity contribution in [1.82, 2.24) is 15.0 Å². The molecule has 0 fully saturated rings. The van der Waals surface area contributed by atoms with Gasteiger partial charge in [0.15, 0.2) is 17.5 Å². The van der Waals surface area contributed by atoms with Crippen LogP contribution in [-0.4, -0.2) is 15.0 Å². The van der Waals surface area contributed by atoms with Gasteiger partial charge in [-0.3, -0.25) is 0 Å². The number of fused-ring (bicyclic) bond motifs is 9. The van der Waals surface area contributed by atoms with Gasteiger partial charge in [0.05, 0.1) is 0 Å². The molecule has 0 amide bonds. The Kier molecular flexibility index (Phi) is 5.35. The van der Waals surface area contributed by atoms with E-state index >= 15 is 0 Å². The minimum atomic E-state index is 0.611. The highest BCUT2D eigenvalue weighted by molar-refractivity contribution is 6.27. The third kappa shape index (κ3) is 3.89. The summed E-state index contributed by atoms with van der Waals surface area (Å²) in [6, 6.07) is 53.2. The van der Waals surface area contributed by atoms with E-state index in [1.54, 1.807) is 0 Å². The highest BCUT2D eigenvalue weighted by Crippen LogP contribution is 2.51. The predicted octanol–water partition coefficient (Wildman–Crippen LogP) is 11.9. The van der Waals surface area contributed by atoms with Crippen molar-refractivity contribution in [2.75, 3.05) is 0 Å². The standard InChI is InChI=1S/C45H25N3O/c1-3-11-28-23-30(21-19-26(28)9-1)43-46-44(31-22-20-27-10-2-4-12-29(27)24-31)48-45(47-43)36-17-8-18-39-41(36)38-25-37-33-14-6-5-13-32(33)34-15-7-16-35(40(34)37)42(38)49-39/h1-25H. The Morgan fingerprint density at radius 3 is 1.59 bits per heavy atom. The van der Waals surface area contributed by atoms with Gasteiger partial charge in [-0.05, 0) is 68.1 Å². The molecule has 1 aliphatic rings. The van der Waals surface area contributed by atoms with E-state index in [1.807, 2.05) is 12.1 Å². The van der Waals surface area contributed by atoms with E-state index in [1.165, 1.54) is 38.4 Å². The first kappa shape index (κ1) is 26.4. The van der Waals surface area contributed by atoms with Crippen LogP contribution in [0.3, 0.4) is 0 Å². The molecule has 10 aromatic rings. The van der Waals surface area contributed by atoms with Gasteiger partial charge in [0.1, 0.15) is 11.2 Å². The van der Waals surface area contributed by atoms with Crippen LogP contribution >= 0.6 is 0 Å². The lowest BCUT2D eigenvalue weighted by molar-refractivity contribution is 0.673. The quantitative estimate of drug-likeness (QED) is 0.196. The molecular weight excluding hydrogens is 599 g/mol. The minimum absolute atomic E-state index is 0.611. The van der Waals surface area contributed by atoms with Crippen LogP contribution in [0.1, 0.15) is 0 Å². The third-order valence-electron chi connectivity index (χ3n) is 10.0. The molecule has 49 heavy (non-hydrogen) atoms. The van der Waals surface area contributed by atoms with E-state index in [-0.39, 0.29) is 0 Å². The fourth-order valence-electron chi connectivity index (χ4n) is 7.75. The van der Waals surface area contributed by atoms with Crippen LogP contribution in [0.25, 0.3) is 111 Å². The van der Waals surface area contributed by atoms with Crippen molar-refractivity contribution in [3.63, 3.8) is 0 Å². The molecule has 0 aliphatic heterocycles. The van der Waals surface area contributed by atoms with Gasteiger partial charge in [-0.1, -0.05) is 127 Å². The molecule has 226 valence electrons. The zero-order chi connectivity index (χ0) is 32.1. The molecule has 0 saturated carbocycles. The summed E-state index contributed by atoms with van der Waals surface area (Å²) in [5, 5.41) is 9.06. The van der Waals surface area contributed by atoms with E-state index in [2.05, 4.69) is 140 Å². The summed E-state index contributed by atoms with van der Waals surface area (Å²) in [5.74, 6) is 1.87. The molecule has 0 N–H and O–H groups in total. The summed E-state index contributed by atoms with van der Waals surface area (Å²) in [7, 11) is 0. The molecule has 4 nitrogen and oxygen atoms in total. The topological polar surface area (TPSA) is 51.8 Å². The summed E-state index contributed by atoms with van der Waals surface area (Å²) in [4.78, 5) is 15.5. The summed E-state index contributed by atoms with van der Waals surface area (Å²) in [5.41, 5.74) is 9.49. The van der Waals surface area contributed by atoms with E-state index < -0.39 is 0 Å². The lowest BCUT2D eigenvalue weighted by Gasteiger charge is -2.10. The van der Waals surface area contributed by atoms with Crippen LogP contribution in [0, 0.1) is 0 Å². The number of hydrogen-bond donors (Lipinski definition) is 0. The Morgan fingerprint density at radius 2 is 0.898 bits per heavy atom. The molecule has 4 heteroatoms. The molecule has 0 bridgehead atoms. The lowest BCUT2D eigenvalue weighted by atomic mass is 9.97. The Balaban J connectivity index is 1.20. The largest absolute Gasteiger partial charge is 0.455 e. The van der Waals surface area contributed by atoms with Crippen molar-refractivity contribution in [2.45, 2.75) is 0 Å². The maximum atomic E-state index is 6.72. The normalized spacial score (nSPS) is 12.1. The van der Waals surface area contributed by atoms with Crippen LogP contribution in [0.5, 0.6) is 0 Å². The lowest BCUT2D eigenvalue weighted by Crippen LogP contribution is -2.00. The minimum Gasteiger partial charge on any atom is -0.455 e. The second-order valence-corrected chi connectivity index (χ2v) is 12.8. The van der Waals surface area contributed by atoms with Gasteiger partial charge in [0, 0.05) is 38.2 Å². The average molecular weight is 624 g/mol. The molecule has 0 saturated heterocycles. The Hall–Kier alpha value is -6.65. The highest BCUT2D eigenvalue weighted by Gasteiger charge is 2.26.